The van der Waals surface area contributed by atoms with Crippen LogP contribution in [0.4, 0.5) is 11.4 Å². The molecule has 0 aliphatic heterocycles. The zero-order valence-corrected chi connectivity index (χ0v) is 21.3. The lowest BCUT2D eigenvalue weighted by atomic mass is 10.1. The van der Waals surface area contributed by atoms with Crippen LogP contribution in [0.3, 0.4) is 0 Å². The van der Waals surface area contributed by atoms with E-state index >= 15 is 0 Å². The summed E-state index contributed by atoms with van der Waals surface area (Å²) in [6.07, 6.45) is 13.9. The van der Waals surface area contributed by atoms with Gasteiger partial charge in [0.05, 0.1) is 18.0 Å². The van der Waals surface area contributed by atoms with Crippen LogP contribution in [0.15, 0.2) is 58.8 Å². The van der Waals surface area contributed by atoms with E-state index in [1.807, 2.05) is 36.4 Å². The molecule has 4 heteroatoms. The summed E-state index contributed by atoms with van der Waals surface area (Å²) >= 11 is 0. The lowest BCUT2D eigenvalue weighted by Gasteiger charge is -2.14. The molecule has 182 valence electrons. The molecule has 4 nitrogen and oxygen atoms in total. The van der Waals surface area contributed by atoms with Crippen LogP contribution in [0.25, 0.3) is 0 Å². The molecule has 0 N–H and O–H groups in total. The second-order valence-electron chi connectivity index (χ2n) is 9.09. The van der Waals surface area contributed by atoms with Crippen molar-refractivity contribution in [2.24, 2.45) is 10.2 Å². The molecule has 0 saturated heterocycles. The molecule has 0 aromatic heterocycles. The topological polar surface area (TPSA) is 37.2 Å². The fourth-order valence-corrected chi connectivity index (χ4v) is 3.89. The Morgan fingerprint density at radius 2 is 1.21 bits per heavy atom. The lowest BCUT2D eigenvalue weighted by Crippen LogP contribution is -2.20. The van der Waals surface area contributed by atoms with Gasteiger partial charge in [0, 0.05) is 0 Å². The van der Waals surface area contributed by atoms with Crippen LogP contribution in [0.5, 0.6) is 5.75 Å². The molecular weight excluding hydrogens is 406 g/mol. The van der Waals surface area contributed by atoms with E-state index in [4.69, 9.17) is 4.74 Å². The van der Waals surface area contributed by atoms with E-state index in [-0.39, 0.29) is 0 Å². The molecule has 2 aromatic carbocycles. The van der Waals surface area contributed by atoms with Gasteiger partial charge in [-0.05, 0) is 94.2 Å². The number of hydrogen-bond acceptors (Lipinski definition) is 4. The standard InChI is InChI=1S/C29H45N3O/c1-4-6-14-26-15-17-27(18-16-26)30-31-28-19-21-29(22-20-28)33-25-13-11-9-7-8-10-12-24-32(3)23-5-2/h15-22H,4-14,23-25H2,1-3H3. The predicted octanol–water partition coefficient (Wildman–Crippen LogP) is 8.90. The zero-order valence-electron chi connectivity index (χ0n) is 21.3. The van der Waals surface area contributed by atoms with Gasteiger partial charge in [0.1, 0.15) is 5.75 Å². The molecule has 0 atom stereocenters. The Kier molecular flexibility index (Phi) is 14.2. The molecule has 0 radical (unpaired) electrons. The van der Waals surface area contributed by atoms with Crippen molar-refractivity contribution in [2.45, 2.75) is 84.5 Å². The minimum atomic E-state index is 0.785. The maximum absolute atomic E-state index is 5.89. The molecule has 0 unspecified atom stereocenters. The summed E-state index contributed by atoms with van der Waals surface area (Å²) in [4.78, 5) is 2.44. The lowest BCUT2D eigenvalue weighted by molar-refractivity contribution is 0.303. The van der Waals surface area contributed by atoms with E-state index in [9.17, 15) is 0 Å². The number of benzene rings is 2. The van der Waals surface area contributed by atoms with Crippen molar-refractivity contribution >= 4 is 11.4 Å². The minimum absolute atomic E-state index is 0.785. The minimum Gasteiger partial charge on any atom is -0.494 e. The summed E-state index contributed by atoms with van der Waals surface area (Å²) < 4.78 is 5.89. The first-order chi connectivity index (χ1) is 16.2. The second kappa shape index (κ2) is 17.3. The molecule has 0 aliphatic carbocycles. The van der Waals surface area contributed by atoms with Crippen LogP contribution >= 0.6 is 0 Å². The Labute approximate surface area is 202 Å². The first kappa shape index (κ1) is 27.0. The van der Waals surface area contributed by atoms with Crippen LogP contribution in [-0.4, -0.2) is 31.6 Å². The SMILES string of the molecule is CCCCc1ccc(N=Nc2ccc(OCCCCCCCCCN(C)CCC)cc2)cc1. The van der Waals surface area contributed by atoms with Crippen molar-refractivity contribution in [3.05, 3.63) is 54.1 Å². The van der Waals surface area contributed by atoms with Crippen molar-refractivity contribution in [1.29, 1.82) is 0 Å². The quantitative estimate of drug-likeness (QED) is 0.168. The number of aryl methyl sites for hydroxylation is 1. The molecular formula is C29H45N3O. The summed E-state index contributed by atoms with van der Waals surface area (Å²) in [6.45, 7) is 7.72. The van der Waals surface area contributed by atoms with E-state index in [0.29, 0.717) is 0 Å². The third-order valence-corrected chi connectivity index (χ3v) is 5.93. The number of ether oxygens (including phenoxy) is 1. The van der Waals surface area contributed by atoms with Crippen LogP contribution in [0, 0.1) is 0 Å². The molecule has 0 amide bonds. The molecule has 0 fully saturated rings. The van der Waals surface area contributed by atoms with Gasteiger partial charge in [0.25, 0.3) is 0 Å². The Bertz CT molecular complexity index is 755. The van der Waals surface area contributed by atoms with Crippen molar-refractivity contribution in [3.8, 4) is 5.75 Å². The van der Waals surface area contributed by atoms with Gasteiger partial charge >= 0.3 is 0 Å². The number of rotatable bonds is 18. The van der Waals surface area contributed by atoms with Crippen molar-refractivity contribution in [1.82, 2.24) is 4.90 Å². The third-order valence-electron chi connectivity index (χ3n) is 5.93. The van der Waals surface area contributed by atoms with Crippen molar-refractivity contribution in [3.63, 3.8) is 0 Å². The van der Waals surface area contributed by atoms with Gasteiger partial charge in [-0.15, -0.1) is 0 Å². The predicted molar refractivity (Wildman–Crippen MR) is 141 cm³/mol. The fourth-order valence-electron chi connectivity index (χ4n) is 3.89. The highest BCUT2D eigenvalue weighted by Gasteiger charge is 1.99. The van der Waals surface area contributed by atoms with Gasteiger partial charge in [-0.3, -0.25) is 0 Å². The average Bonchev–Trinajstić information content (AvgIpc) is 2.84. The molecule has 0 aliphatic rings. The average molecular weight is 452 g/mol. The Morgan fingerprint density at radius 3 is 1.82 bits per heavy atom. The second-order valence-corrected chi connectivity index (χ2v) is 9.09. The van der Waals surface area contributed by atoms with Crippen LogP contribution in [0.2, 0.25) is 0 Å². The van der Waals surface area contributed by atoms with Gasteiger partial charge in [-0.25, -0.2) is 0 Å². The highest BCUT2D eigenvalue weighted by Crippen LogP contribution is 2.22. The van der Waals surface area contributed by atoms with E-state index < -0.39 is 0 Å². The van der Waals surface area contributed by atoms with Gasteiger partial charge in [-0.2, -0.15) is 10.2 Å². The number of unbranched alkanes of at least 4 members (excludes halogenated alkanes) is 7. The number of nitrogens with zero attached hydrogens (tertiary/aromatic N) is 3. The van der Waals surface area contributed by atoms with E-state index in [0.717, 1.165) is 36.6 Å². The zero-order chi connectivity index (χ0) is 23.6. The van der Waals surface area contributed by atoms with Gasteiger partial charge in [-0.1, -0.05) is 64.5 Å². The molecule has 33 heavy (non-hydrogen) atoms. The first-order valence-corrected chi connectivity index (χ1v) is 13.1. The molecule has 0 heterocycles. The van der Waals surface area contributed by atoms with Crippen LogP contribution < -0.4 is 4.74 Å². The highest BCUT2D eigenvalue weighted by atomic mass is 16.5. The summed E-state index contributed by atoms with van der Waals surface area (Å²) in [5.41, 5.74) is 3.10. The molecule has 0 spiro atoms. The van der Waals surface area contributed by atoms with E-state index in [2.05, 4.69) is 48.2 Å². The third kappa shape index (κ3) is 12.6. The van der Waals surface area contributed by atoms with E-state index in [1.165, 1.54) is 76.4 Å². The molecule has 2 aromatic rings. The smallest absolute Gasteiger partial charge is 0.119 e. The highest BCUT2D eigenvalue weighted by molar-refractivity contribution is 5.43. The largest absolute Gasteiger partial charge is 0.494 e. The fraction of sp³-hybridized carbons (Fsp3) is 0.586. The number of hydrogen-bond donors (Lipinski definition) is 0. The van der Waals surface area contributed by atoms with Gasteiger partial charge in [0.15, 0.2) is 0 Å². The summed E-state index contributed by atoms with van der Waals surface area (Å²) in [5.74, 6) is 0.908. The monoisotopic (exact) mass is 451 g/mol. The van der Waals surface area contributed by atoms with Crippen molar-refractivity contribution < 1.29 is 4.74 Å². The van der Waals surface area contributed by atoms with Crippen LogP contribution in [-0.2, 0) is 6.42 Å². The van der Waals surface area contributed by atoms with Crippen molar-refractivity contribution in [2.75, 3.05) is 26.7 Å². The maximum Gasteiger partial charge on any atom is 0.119 e. The Balaban J connectivity index is 1.54. The first-order valence-electron chi connectivity index (χ1n) is 13.1. The summed E-state index contributed by atoms with van der Waals surface area (Å²) in [5, 5.41) is 8.69. The molecule has 2 rings (SSSR count). The van der Waals surface area contributed by atoms with E-state index in [1.54, 1.807) is 0 Å². The summed E-state index contributed by atoms with van der Waals surface area (Å²) in [6, 6.07) is 16.3. The Hall–Kier alpha value is -2.20. The maximum atomic E-state index is 5.89. The molecule has 0 bridgehead atoms. The summed E-state index contributed by atoms with van der Waals surface area (Å²) in [7, 11) is 2.23. The number of azo groups is 1. The van der Waals surface area contributed by atoms with Crippen LogP contribution in [0.1, 0.15) is 83.6 Å². The van der Waals surface area contributed by atoms with Gasteiger partial charge in [0.2, 0.25) is 0 Å². The molecule has 0 saturated carbocycles. The van der Waals surface area contributed by atoms with Gasteiger partial charge < -0.3 is 9.64 Å². The Morgan fingerprint density at radius 1 is 0.636 bits per heavy atom. The normalized spacial score (nSPS) is 11.5.